The summed E-state index contributed by atoms with van der Waals surface area (Å²) in [6.45, 7) is 5.97. The Morgan fingerprint density at radius 2 is 1.61 bits per heavy atom. The fourth-order valence-electron chi connectivity index (χ4n) is 3.36. The first-order valence-electron chi connectivity index (χ1n) is 9.50. The van der Waals surface area contributed by atoms with E-state index in [2.05, 4.69) is 19.2 Å². The van der Waals surface area contributed by atoms with Gasteiger partial charge >= 0.3 is 0 Å². The Labute approximate surface area is 164 Å². The van der Waals surface area contributed by atoms with Crippen molar-refractivity contribution in [3.63, 3.8) is 0 Å². The second-order valence-electron chi connectivity index (χ2n) is 7.25. The van der Waals surface area contributed by atoms with Crippen LogP contribution < -0.4 is 10.1 Å². The van der Waals surface area contributed by atoms with Gasteiger partial charge in [-0.25, -0.2) is 0 Å². The minimum atomic E-state index is -0.619. The lowest BCUT2D eigenvalue weighted by Crippen LogP contribution is -2.30. The molecule has 3 aromatic carbocycles. The molecule has 0 saturated carbocycles. The standard InChI is InChI=1S/C24H23NO3/c1-15(2)18-8-4-6-10-21(18)27-16(3)24(26)25-17-12-13-20-19-9-5-7-11-22(19)28-23(20)14-17/h4-16H,1-3H3,(H,25,26). The maximum atomic E-state index is 12.6. The number of rotatable bonds is 5. The molecule has 0 saturated heterocycles. The fraction of sp³-hybridized carbons (Fsp3) is 0.208. The minimum absolute atomic E-state index is 0.200. The molecule has 1 unspecified atom stereocenters. The van der Waals surface area contributed by atoms with Gasteiger partial charge in [0.05, 0.1) is 0 Å². The Morgan fingerprint density at radius 1 is 0.893 bits per heavy atom. The van der Waals surface area contributed by atoms with Crippen LogP contribution in [0.4, 0.5) is 5.69 Å². The normalized spacial score (nSPS) is 12.4. The summed E-state index contributed by atoms with van der Waals surface area (Å²) in [4.78, 5) is 12.6. The van der Waals surface area contributed by atoms with Gasteiger partial charge in [-0.3, -0.25) is 4.79 Å². The second kappa shape index (κ2) is 7.39. The van der Waals surface area contributed by atoms with E-state index in [1.54, 1.807) is 6.92 Å². The van der Waals surface area contributed by atoms with Gasteiger partial charge < -0.3 is 14.5 Å². The highest BCUT2D eigenvalue weighted by Crippen LogP contribution is 2.31. The number of carbonyl (C=O) groups excluding carboxylic acids is 1. The molecule has 0 bridgehead atoms. The molecule has 4 rings (SSSR count). The van der Waals surface area contributed by atoms with Crippen molar-refractivity contribution in [1.82, 2.24) is 0 Å². The van der Waals surface area contributed by atoms with Crippen LogP contribution in [0.2, 0.25) is 0 Å². The molecular formula is C24H23NO3. The smallest absolute Gasteiger partial charge is 0.265 e. The van der Waals surface area contributed by atoms with E-state index in [-0.39, 0.29) is 5.91 Å². The SMILES string of the molecule is CC(Oc1ccccc1C(C)C)C(=O)Nc1ccc2c(c1)oc1ccccc12. The summed E-state index contributed by atoms with van der Waals surface area (Å²) in [5.41, 5.74) is 3.36. The average molecular weight is 373 g/mol. The molecular weight excluding hydrogens is 350 g/mol. The molecule has 1 atom stereocenters. The molecule has 1 amide bonds. The maximum Gasteiger partial charge on any atom is 0.265 e. The summed E-state index contributed by atoms with van der Waals surface area (Å²) < 4.78 is 11.8. The lowest BCUT2D eigenvalue weighted by molar-refractivity contribution is -0.122. The highest BCUT2D eigenvalue weighted by molar-refractivity contribution is 6.06. The molecule has 1 heterocycles. The van der Waals surface area contributed by atoms with Crippen molar-refractivity contribution in [1.29, 1.82) is 0 Å². The van der Waals surface area contributed by atoms with Crippen LogP contribution in [-0.2, 0) is 4.79 Å². The second-order valence-corrected chi connectivity index (χ2v) is 7.25. The van der Waals surface area contributed by atoms with Gasteiger partial charge in [-0.2, -0.15) is 0 Å². The third-order valence-corrected chi connectivity index (χ3v) is 4.86. The lowest BCUT2D eigenvalue weighted by atomic mass is 10.0. The molecule has 0 fully saturated rings. The monoisotopic (exact) mass is 373 g/mol. The molecule has 1 N–H and O–H groups in total. The molecule has 0 spiro atoms. The van der Waals surface area contributed by atoms with Crippen molar-refractivity contribution in [3.8, 4) is 5.75 Å². The molecule has 142 valence electrons. The third kappa shape index (κ3) is 3.46. The van der Waals surface area contributed by atoms with Crippen LogP contribution in [0.25, 0.3) is 21.9 Å². The number of para-hydroxylation sites is 2. The van der Waals surface area contributed by atoms with E-state index in [9.17, 15) is 4.79 Å². The van der Waals surface area contributed by atoms with Crippen LogP contribution in [0.15, 0.2) is 71.1 Å². The molecule has 4 nitrogen and oxygen atoms in total. The first-order chi connectivity index (χ1) is 13.5. The van der Waals surface area contributed by atoms with E-state index in [1.165, 1.54) is 0 Å². The van der Waals surface area contributed by atoms with Crippen LogP contribution in [-0.4, -0.2) is 12.0 Å². The van der Waals surface area contributed by atoms with Crippen molar-refractivity contribution in [2.24, 2.45) is 0 Å². The number of furan rings is 1. The number of anilines is 1. The number of fused-ring (bicyclic) bond motifs is 3. The molecule has 0 aliphatic rings. The van der Waals surface area contributed by atoms with Gasteiger partial charge in [0.25, 0.3) is 5.91 Å². The van der Waals surface area contributed by atoms with E-state index in [0.29, 0.717) is 11.6 Å². The van der Waals surface area contributed by atoms with Crippen LogP contribution in [0, 0.1) is 0 Å². The average Bonchev–Trinajstić information content (AvgIpc) is 3.06. The Balaban J connectivity index is 1.52. The van der Waals surface area contributed by atoms with Crippen molar-refractivity contribution < 1.29 is 13.9 Å². The van der Waals surface area contributed by atoms with Gasteiger partial charge in [-0.15, -0.1) is 0 Å². The van der Waals surface area contributed by atoms with Gasteiger partial charge in [0, 0.05) is 22.5 Å². The van der Waals surface area contributed by atoms with E-state index in [4.69, 9.17) is 9.15 Å². The van der Waals surface area contributed by atoms with Gasteiger partial charge in [0.15, 0.2) is 6.10 Å². The number of hydrogen-bond acceptors (Lipinski definition) is 3. The Kier molecular flexibility index (Phi) is 4.78. The first kappa shape index (κ1) is 18.1. The highest BCUT2D eigenvalue weighted by atomic mass is 16.5. The fourth-order valence-corrected chi connectivity index (χ4v) is 3.36. The van der Waals surface area contributed by atoms with Gasteiger partial charge in [0.1, 0.15) is 16.9 Å². The van der Waals surface area contributed by atoms with Gasteiger partial charge in [0.2, 0.25) is 0 Å². The molecule has 4 aromatic rings. The highest BCUT2D eigenvalue weighted by Gasteiger charge is 2.18. The van der Waals surface area contributed by atoms with E-state index in [0.717, 1.165) is 33.3 Å². The topological polar surface area (TPSA) is 51.5 Å². The molecule has 4 heteroatoms. The van der Waals surface area contributed by atoms with Gasteiger partial charge in [-0.1, -0.05) is 50.2 Å². The first-order valence-corrected chi connectivity index (χ1v) is 9.50. The third-order valence-electron chi connectivity index (χ3n) is 4.86. The number of amides is 1. The minimum Gasteiger partial charge on any atom is -0.481 e. The van der Waals surface area contributed by atoms with E-state index < -0.39 is 6.10 Å². The van der Waals surface area contributed by atoms with Crippen molar-refractivity contribution in [2.75, 3.05) is 5.32 Å². The summed E-state index contributed by atoms with van der Waals surface area (Å²) in [6.07, 6.45) is -0.619. The lowest BCUT2D eigenvalue weighted by Gasteiger charge is -2.18. The van der Waals surface area contributed by atoms with Crippen LogP contribution in [0.5, 0.6) is 5.75 Å². The van der Waals surface area contributed by atoms with Gasteiger partial charge in [-0.05, 0) is 42.7 Å². The van der Waals surface area contributed by atoms with Crippen LogP contribution in [0.3, 0.4) is 0 Å². The zero-order chi connectivity index (χ0) is 19.7. The van der Waals surface area contributed by atoms with Crippen molar-refractivity contribution in [3.05, 3.63) is 72.3 Å². The summed E-state index contributed by atoms with van der Waals surface area (Å²) >= 11 is 0. The predicted octanol–water partition coefficient (Wildman–Crippen LogP) is 6.12. The maximum absolute atomic E-state index is 12.6. The number of ether oxygens (including phenoxy) is 1. The number of hydrogen-bond donors (Lipinski definition) is 1. The van der Waals surface area contributed by atoms with E-state index in [1.807, 2.05) is 66.7 Å². The van der Waals surface area contributed by atoms with Crippen LogP contribution in [0.1, 0.15) is 32.3 Å². The zero-order valence-electron chi connectivity index (χ0n) is 16.2. The van der Waals surface area contributed by atoms with Crippen LogP contribution >= 0.6 is 0 Å². The summed E-state index contributed by atoms with van der Waals surface area (Å²) in [5, 5.41) is 5.02. The summed E-state index contributed by atoms with van der Waals surface area (Å²) in [5.74, 6) is 0.865. The summed E-state index contributed by atoms with van der Waals surface area (Å²) in [6, 6.07) is 21.4. The van der Waals surface area contributed by atoms with Crippen molar-refractivity contribution >= 4 is 33.5 Å². The zero-order valence-corrected chi connectivity index (χ0v) is 16.2. The Hall–Kier alpha value is -3.27. The number of benzene rings is 3. The molecule has 0 aliphatic heterocycles. The van der Waals surface area contributed by atoms with E-state index >= 15 is 0 Å². The molecule has 0 radical (unpaired) electrons. The van der Waals surface area contributed by atoms with Crippen molar-refractivity contribution in [2.45, 2.75) is 32.8 Å². The molecule has 28 heavy (non-hydrogen) atoms. The predicted molar refractivity (Wildman–Crippen MR) is 113 cm³/mol. The quantitative estimate of drug-likeness (QED) is 0.459. The summed E-state index contributed by atoms with van der Waals surface area (Å²) in [7, 11) is 0. The Morgan fingerprint density at radius 3 is 2.43 bits per heavy atom. The number of nitrogens with one attached hydrogen (secondary N) is 1. The molecule has 1 aromatic heterocycles. The number of carbonyl (C=O) groups is 1. The Bertz CT molecular complexity index is 1140. The molecule has 0 aliphatic carbocycles. The largest absolute Gasteiger partial charge is 0.481 e.